The molecule has 150 valence electrons. The Labute approximate surface area is 157 Å². The predicted octanol–water partition coefficient (Wildman–Crippen LogP) is 3.50. The highest BCUT2D eigenvalue weighted by atomic mass is 19.3. The molecule has 0 unspecified atom stereocenters. The molecule has 2 rings (SSSR count). The summed E-state index contributed by atoms with van der Waals surface area (Å²) in [5.74, 6) is -7.23. The van der Waals surface area contributed by atoms with Crippen molar-refractivity contribution in [3.63, 3.8) is 0 Å². The van der Waals surface area contributed by atoms with Gasteiger partial charge in [-0.15, -0.1) is 0 Å². The molecule has 0 saturated heterocycles. The number of hydrogen-bond acceptors (Lipinski definition) is 5. The van der Waals surface area contributed by atoms with E-state index in [2.05, 4.69) is 0 Å². The van der Waals surface area contributed by atoms with Crippen LogP contribution in [0.3, 0.4) is 0 Å². The molecule has 0 amide bonds. The van der Waals surface area contributed by atoms with Crippen LogP contribution in [0, 0.1) is 0 Å². The maximum atomic E-state index is 14.3. The predicted molar refractivity (Wildman–Crippen MR) is 92.6 cm³/mol. The number of carbonyl (C=O) groups is 2. The molecular formula is C20H25F2O5-. The largest absolute Gasteiger partial charge is 0.544 e. The number of esters is 1. The summed E-state index contributed by atoms with van der Waals surface area (Å²) in [6.07, 6.45) is 1.74. The molecule has 27 heavy (non-hydrogen) atoms. The van der Waals surface area contributed by atoms with E-state index in [4.69, 9.17) is 9.47 Å². The topological polar surface area (TPSA) is 75.7 Å². The van der Waals surface area contributed by atoms with E-state index in [1.807, 2.05) is 20.8 Å². The van der Waals surface area contributed by atoms with Crippen LogP contribution in [0.2, 0.25) is 0 Å². The monoisotopic (exact) mass is 383 g/mol. The summed E-state index contributed by atoms with van der Waals surface area (Å²) < 4.78 is 39.5. The third-order valence-corrected chi connectivity index (χ3v) is 5.11. The van der Waals surface area contributed by atoms with Gasteiger partial charge in [-0.3, -0.25) is 0 Å². The third kappa shape index (κ3) is 4.57. The molecule has 0 spiro atoms. The number of halogens is 2. The second-order valence-electron chi connectivity index (χ2n) is 7.55. The van der Waals surface area contributed by atoms with Crippen LogP contribution >= 0.6 is 0 Å². The van der Waals surface area contributed by atoms with Crippen LogP contribution in [0.15, 0.2) is 24.3 Å². The summed E-state index contributed by atoms with van der Waals surface area (Å²) in [6.45, 7) is 5.82. The molecule has 0 aromatic heterocycles. The van der Waals surface area contributed by atoms with Crippen molar-refractivity contribution in [3.8, 4) is 5.75 Å². The molecule has 0 aliphatic heterocycles. The van der Waals surface area contributed by atoms with Gasteiger partial charge in [0.2, 0.25) is 0 Å². The molecule has 0 heterocycles. The van der Waals surface area contributed by atoms with E-state index in [1.54, 1.807) is 12.1 Å². The fourth-order valence-electron chi connectivity index (χ4n) is 3.08. The van der Waals surface area contributed by atoms with Gasteiger partial charge in [0.15, 0.2) is 5.60 Å². The number of carboxylic acid groups (broad SMARTS) is 1. The number of benzene rings is 1. The molecule has 1 aliphatic rings. The fourth-order valence-corrected chi connectivity index (χ4v) is 3.08. The minimum absolute atomic E-state index is 0.0516. The van der Waals surface area contributed by atoms with Crippen molar-refractivity contribution in [3.05, 3.63) is 29.8 Å². The van der Waals surface area contributed by atoms with Gasteiger partial charge in [-0.05, 0) is 70.2 Å². The van der Waals surface area contributed by atoms with Gasteiger partial charge in [0.25, 0.3) is 0 Å². The van der Waals surface area contributed by atoms with Crippen molar-refractivity contribution in [2.24, 2.45) is 0 Å². The summed E-state index contributed by atoms with van der Waals surface area (Å²) in [6, 6.07) is 5.94. The summed E-state index contributed by atoms with van der Waals surface area (Å²) in [5.41, 5.74) is -2.71. The van der Waals surface area contributed by atoms with Crippen LogP contribution < -0.4 is 9.84 Å². The quantitative estimate of drug-likeness (QED) is 0.674. The van der Waals surface area contributed by atoms with Crippen LogP contribution in [0.25, 0.3) is 0 Å². The van der Waals surface area contributed by atoms with Gasteiger partial charge in [-0.2, -0.15) is 8.78 Å². The number of rotatable bonds is 7. The van der Waals surface area contributed by atoms with Crippen LogP contribution in [-0.4, -0.2) is 29.1 Å². The Morgan fingerprint density at radius 2 is 1.67 bits per heavy atom. The zero-order valence-electron chi connectivity index (χ0n) is 15.8. The Balaban J connectivity index is 2.19. The van der Waals surface area contributed by atoms with E-state index in [0.717, 1.165) is 6.42 Å². The first-order valence-corrected chi connectivity index (χ1v) is 9.15. The molecule has 0 bridgehead atoms. The molecule has 1 saturated carbocycles. The highest BCUT2D eigenvalue weighted by Gasteiger charge is 2.58. The molecule has 1 aliphatic carbocycles. The molecule has 0 atom stereocenters. The molecule has 7 heteroatoms. The van der Waals surface area contributed by atoms with E-state index in [0.29, 0.717) is 25.0 Å². The molecule has 1 fully saturated rings. The average molecular weight is 383 g/mol. The Bertz CT molecular complexity index is 676. The zero-order valence-corrected chi connectivity index (χ0v) is 15.8. The van der Waals surface area contributed by atoms with Gasteiger partial charge < -0.3 is 19.4 Å². The molecular weight excluding hydrogens is 358 g/mol. The van der Waals surface area contributed by atoms with Crippen LogP contribution in [0.1, 0.15) is 69.7 Å². The second kappa shape index (κ2) is 7.82. The van der Waals surface area contributed by atoms with E-state index >= 15 is 0 Å². The summed E-state index contributed by atoms with van der Waals surface area (Å²) >= 11 is 0. The zero-order chi connectivity index (χ0) is 20.3. The Morgan fingerprint density at radius 3 is 2.15 bits per heavy atom. The molecule has 5 nitrogen and oxygen atoms in total. The highest BCUT2D eigenvalue weighted by molar-refractivity contribution is 5.90. The standard InChI is InChI=1S/C20H26F2O5/c1-4-18(2,3)26-15-10-8-14(9-11-15)16(23)27-19(12-6-5-7-13-19)20(21,22)17(24)25/h8-11H,4-7,12-13H2,1-3H3,(H,24,25)/p-1. The number of aliphatic carboxylic acids is 1. The van der Waals surface area contributed by atoms with Crippen LogP contribution in [-0.2, 0) is 9.53 Å². The van der Waals surface area contributed by atoms with Crippen molar-refractivity contribution < 1.29 is 33.0 Å². The Kier molecular flexibility index (Phi) is 6.12. The number of hydrogen-bond donors (Lipinski definition) is 0. The van der Waals surface area contributed by atoms with Crippen molar-refractivity contribution >= 4 is 11.9 Å². The van der Waals surface area contributed by atoms with Gasteiger partial charge >= 0.3 is 11.9 Å². The fraction of sp³-hybridized carbons (Fsp3) is 0.600. The SMILES string of the molecule is CCC(C)(C)Oc1ccc(C(=O)OC2(C(F)(F)C(=O)[O-])CCCCC2)cc1. The van der Waals surface area contributed by atoms with Gasteiger partial charge in [0.05, 0.1) is 5.56 Å². The van der Waals surface area contributed by atoms with E-state index < -0.39 is 23.5 Å². The number of ether oxygens (including phenoxy) is 2. The lowest BCUT2D eigenvalue weighted by atomic mass is 9.79. The third-order valence-electron chi connectivity index (χ3n) is 5.11. The van der Waals surface area contributed by atoms with Gasteiger partial charge in [0, 0.05) is 0 Å². The van der Waals surface area contributed by atoms with Gasteiger partial charge in [-0.25, -0.2) is 4.79 Å². The molecule has 0 N–H and O–H groups in total. The highest BCUT2D eigenvalue weighted by Crippen LogP contribution is 2.44. The summed E-state index contributed by atoms with van der Waals surface area (Å²) in [7, 11) is 0. The Hall–Kier alpha value is -2.18. The Morgan fingerprint density at radius 1 is 1.11 bits per heavy atom. The van der Waals surface area contributed by atoms with Crippen LogP contribution in [0.4, 0.5) is 8.78 Å². The lowest BCUT2D eigenvalue weighted by Gasteiger charge is -2.42. The van der Waals surface area contributed by atoms with E-state index in [-0.39, 0.29) is 24.0 Å². The lowest BCUT2D eigenvalue weighted by Crippen LogP contribution is -2.61. The number of alkyl halides is 2. The number of carbonyl (C=O) groups excluding carboxylic acids is 2. The molecule has 1 aromatic carbocycles. The molecule has 0 radical (unpaired) electrons. The first-order valence-electron chi connectivity index (χ1n) is 9.15. The average Bonchev–Trinajstić information content (AvgIpc) is 2.62. The van der Waals surface area contributed by atoms with Crippen molar-refractivity contribution in [1.82, 2.24) is 0 Å². The minimum atomic E-state index is -4.25. The second-order valence-corrected chi connectivity index (χ2v) is 7.55. The number of carboxylic acids is 1. The van der Waals surface area contributed by atoms with Crippen molar-refractivity contribution in [2.45, 2.75) is 76.4 Å². The van der Waals surface area contributed by atoms with Crippen molar-refractivity contribution in [2.75, 3.05) is 0 Å². The molecule has 1 aromatic rings. The van der Waals surface area contributed by atoms with Gasteiger partial charge in [-0.1, -0.05) is 13.3 Å². The van der Waals surface area contributed by atoms with E-state index in [1.165, 1.54) is 12.1 Å². The smallest absolute Gasteiger partial charge is 0.338 e. The summed E-state index contributed by atoms with van der Waals surface area (Å²) in [5, 5.41) is 11.0. The maximum absolute atomic E-state index is 14.3. The summed E-state index contributed by atoms with van der Waals surface area (Å²) in [4.78, 5) is 23.4. The normalized spacial score (nSPS) is 17.2. The first-order chi connectivity index (χ1) is 12.5. The maximum Gasteiger partial charge on any atom is 0.338 e. The van der Waals surface area contributed by atoms with Crippen LogP contribution in [0.5, 0.6) is 5.75 Å². The minimum Gasteiger partial charge on any atom is -0.544 e. The van der Waals surface area contributed by atoms with Gasteiger partial charge in [0.1, 0.15) is 17.3 Å². The first kappa shape index (κ1) is 21.1. The van der Waals surface area contributed by atoms with E-state index in [9.17, 15) is 23.5 Å². The van der Waals surface area contributed by atoms with Crippen molar-refractivity contribution in [1.29, 1.82) is 0 Å². The lowest BCUT2D eigenvalue weighted by molar-refractivity contribution is -0.345.